The summed E-state index contributed by atoms with van der Waals surface area (Å²) < 4.78 is 5.25. The van der Waals surface area contributed by atoms with Gasteiger partial charge in [-0.3, -0.25) is 14.7 Å². The van der Waals surface area contributed by atoms with Crippen LogP contribution in [0.1, 0.15) is 48.0 Å². The van der Waals surface area contributed by atoms with Gasteiger partial charge in [0.1, 0.15) is 22.1 Å². The number of thiocarbonyl (C=S) groups is 1. The van der Waals surface area contributed by atoms with Gasteiger partial charge in [-0.05, 0) is 62.1 Å². The lowest BCUT2D eigenvalue weighted by atomic mass is 9.88. The van der Waals surface area contributed by atoms with Gasteiger partial charge in [-0.15, -0.1) is 0 Å². The zero-order valence-electron chi connectivity index (χ0n) is 15.4. The average Bonchev–Trinajstić information content (AvgIpc) is 3.00. The van der Waals surface area contributed by atoms with Crippen LogP contribution in [-0.2, 0) is 0 Å². The molecule has 1 aliphatic heterocycles. The SMILES string of the molecule is COc1ccc(C2=NC3(CCCCC3)N(C(=O)c3ccccc3)C2=S)cc1. The first-order valence-electron chi connectivity index (χ1n) is 9.33. The molecule has 5 heteroatoms. The van der Waals surface area contributed by atoms with Crippen molar-refractivity contribution < 1.29 is 9.53 Å². The standard InChI is InChI=1S/C22H22N2O2S/c1-26-18-12-10-16(11-13-18)19-21(27)24(20(25)17-8-4-2-5-9-17)22(23-19)14-6-3-7-15-22/h2,4-5,8-13H,3,6-7,14-15H2,1H3. The molecule has 4 nitrogen and oxygen atoms in total. The summed E-state index contributed by atoms with van der Waals surface area (Å²) in [4.78, 5) is 20.7. The number of carbonyl (C=O) groups excluding carboxylic acids is 1. The van der Waals surface area contributed by atoms with Crippen molar-refractivity contribution in [3.8, 4) is 5.75 Å². The van der Waals surface area contributed by atoms with Crippen molar-refractivity contribution in [3.63, 3.8) is 0 Å². The molecule has 1 fully saturated rings. The molecule has 2 aromatic rings. The minimum atomic E-state index is -0.544. The lowest BCUT2D eigenvalue weighted by Crippen LogP contribution is -2.50. The number of aliphatic imine (C=N–C) groups is 1. The second-order valence-corrected chi connectivity index (χ2v) is 7.43. The Kier molecular flexibility index (Phi) is 4.79. The van der Waals surface area contributed by atoms with Crippen molar-refractivity contribution in [2.24, 2.45) is 4.99 Å². The van der Waals surface area contributed by atoms with Crippen molar-refractivity contribution in [2.45, 2.75) is 37.8 Å². The Bertz CT molecular complexity index is 884. The third kappa shape index (κ3) is 3.16. The van der Waals surface area contributed by atoms with E-state index in [4.69, 9.17) is 21.9 Å². The first-order chi connectivity index (χ1) is 13.1. The molecule has 138 valence electrons. The van der Waals surface area contributed by atoms with Gasteiger partial charge in [0, 0.05) is 11.1 Å². The Morgan fingerprint density at radius 3 is 2.33 bits per heavy atom. The maximum atomic E-state index is 13.4. The van der Waals surface area contributed by atoms with E-state index in [0.717, 1.165) is 42.7 Å². The third-order valence-electron chi connectivity index (χ3n) is 5.38. The number of rotatable bonds is 3. The quantitative estimate of drug-likeness (QED) is 0.732. The van der Waals surface area contributed by atoms with E-state index in [-0.39, 0.29) is 5.91 Å². The summed E-state index contributed by atoms with van der Waals surface area (Å²) in [6.45, 7) is 0. The minimum absolute atomic E-state index is 0.0604. The largest absolute Gasteiger partial charge is 0.497 e. The van der Waals surface area contributed by atoms with E-state index in [0.29, 0.717) is 10.6 Å². The van der Waals surface area contributed by atoms with E-state index in [1.54, 1.807) is 12.0 Å². The van der Waals surface area contributed by atoms with Gasteiger partial charge in [0.25, 0.3) is 5.91 Å². The van der Waals surface area contributed by atoms with Crippen molar-refractivity contribution in [1.82, 2.24) is 4.90 Å². The zero-order chi connectivity index (χ0) is 18.9. The van der Waals surface area contributed by atoms with Crippen LogP contribution in [0.4, 0.5) is 0 Å². The van der Waals surface area contributed by atoms with Gasteiger partial charge in [-0.25, -0.2) is 0 Å². The zero-order valence-corrected chi connectivity index (χ0v) is 16.2. The molecule has 1 amide bonds. The average molecular weight is 378 g/mol. The Labute approximate surface area is 164 Å². The van der Waals surface area contributed by atoms with Crippen LogP contribution in [0.3, 0.4) is 0 Å². The third-order valence-corrected chi connectivity index (χ3v) is 5.76. The molecular formula is C22H22N2O2S. The molecule has 0 bridgehead atoms. The van der Waals surface area contributed by atoms with E-state index < -0.39 is 5.66 Å². The summed E-state index contributed by atoms with van der Waals surface area (Å²) in [6.07, 6.45) is 4.99. The summed E-state index contributed by atoms with van der Waals surface area (Å²) in [6, 6.07) is 17.1. The molecule has 0 saturated heterocycles. The lowest BCUT2D eigenvalue weighted by molar-refractivity contribution is 0.0648. The number of benzene rings is 2. The van der Waals surface area contributed by atoms with Crippen molar-refractivity contribution in [3.05, 3.63) is 65.7 Å². The molecule has 4 rings (SSSR count). The topological polar surface area (TPSA) is 41.9 Å². The Balaban J connectivity index is 1.75. The summed E-state index contributed by atoms with van der Waals surface area (Å²) in [5, 5.41) is 0. The van der Waals surface area contributed by atoms with Crippen LogP contribution in [0.2, 0.25) is 0 Å². The fraction of sp³-hybridized carbons (Fsp3) is 0.318. The van der Waals surface area contributed by atoms with Crippen LogP contribution >= 0.6 is 12.2 Å². The second-order valence-electron chi connectivity index (χ2n) is 7.04. The molecule has 1 saturated carbocycles. The lowest BCUT2D eigenvalue weighted by Gasteiger charge is -2.38. The molecule has 1 aliphatic carbocycles. The molecule has 1 spiro atoms. The van der Waals surface area contributed by atoms with Gasteiger partial charge in [-0.2, -0.15) is 0 Å². The minimum Gasteiger partial charge on any atom is -0.497 e. The van der Waals surface area contributed by atoms with Gasteiger partial charge in [0.15, 0.2) is 0 Å². The number of hydrogen-bond acceptors (Lipinski definition) is 4. The predicted octanol–water partition coefficient (Wildman–Crippen LogP) is 4.63. The molecule has 0 unspecified atom stereocenters. The van der Waals surface area contributed by atoms with Crippen LogP contribution in [0.5, 0.6) is 5.75 Å². The normalized spacial score (nSPS) is 18.5. The Morgan fingerprint density at radius 1 is 1.04 bits per heavy atom. The van der Waals surface area contributed by atoms with Crippen molar-refractivity contribution >= 4 is 28.8 Å². The number of carbonyl (C=O) groups is 1. The molecule has 1 heterocycles. The molecule has 0 atom stereocenters. The first-order valence-corrected chi connectivity index (χ1v) is 9.74. The van der Waals surface area contributed by atoms with Crippen LogP contribution in [0, 0.1) is 0 Å². The second kappa shape index (κ2) is 7.24. The molecule has 27 heavy (non-hydrogen) atoms. The Morgan fingerprint density at radius 2 is 1.70 bits per heavy atom. The van der Waals surface area contributed by atoms with E-state index in [1.807, 2.05) is 54.6 Å². The molecule has 2 aliphatic rings. The number of hydrogen-bond donors (Lipinski definition) is 0. The van der Waals surface area contributed by atoms with Gasteiger partial charge < -0.3 is 4.74 Å². The molecule has 0 radical (unpaired) electrons. The maximum Gasteiger partial charge on any atom is 0.260 e. The maximum absolute atomic E-state index is 13.4. The summed E-state index contributed by atoms with van der Waals surface area (Å²) in [7, 11) is 1.64. The summed E-state index contributed by atoms with van der Waals surface area (Å²) in [5.41, 5.74) is 1.77. The monoisotopic (exact) mass is 378 g/mol. The summed E-state index contributed by atoms with van der Waals surface area (Å²) in [5.74, 6) is 0.725. The molecular weight excluding hydrogens is 356 g/mol. The van der Waals surface area contributed by atoms with Crippen molar-refractivity contribution in [2.75, 3.05) is 7.11 Å². The highest BCUT2D eigenvalue weighted by Crippen LogP contribution is 2.41. The Hall–Kier alpha value is -2.53. The van der Waals surface area contributed by atoms with Crippen LogP contribution in [-0.4, -0.2) is 34.3 Å². The number of amides is 1. The number of nitrogens with zero attached hydrogens (tertiary/aromatic N) is 2. The van der Waals surface area contributed by atoms with Gasteiger partial charge in [0.05, 0.1) is 7.11 Å². The van der Waals surface area contributed by atoms with E-state index >= 15 is 0 Å². The van der Waals surface area contributed by atoms with Crippen LogP contribution in [0.15, 0.2) is 59.6 Å². The van der Waals surface area contributed by atoms with Crippen molar-refractivity contribution in [1.29, 1.82) is 0 Å². The fourth-order valence-electron chi connectivity index (χ4n) is 3.98. The molecule has 0 aromatic heterocycles. The van der Waals surface area contributed by atoms with E-state index in [1.165, 1.54) is 6.42 Å². The highest BCUT2D eigenvalue weighted by Gasteiger charge is 2.48. The predicted molar refractivity (Wildman–Crippen MR) is 111 cm³/mol. The highest BCUT2D eigenvalue weighted by atomic mass is 32.1. The summed E-state index contributed by atoms with van der Waals surface area (Å²) >= 11 is 5.78. The smallest absolute Gasteiger partial charge is 0.260 e. The number of ether oxygens (including phenoxy) is 1. The van der Waals surface area contributed by atoms with Gasteiger partial charge >= 0.3 is 0 Å². The van der Waals surface area contributed by atoms with Crippen LogP contribution in [0.25, 0.3) is 0 Å². The van der Waals surface area contributed by atoms with Gasteiger partial charge in [-0.1, -0.05) is 36.8 Å². The van der Waals surface area contributed by atoms with E-state index in [9.17, 15) is 4.79 Å². The fourth-order valence-corrected chi connectivity index (χ4v) is 4.40. The first kappa shape index (κ1) is 17.9. The molecule has 0 N–H and O–H groups in total. The van der Waals surface area contributed by atoms with Crippen LogP contribution < -0.4 is 4.74 Å². The molecule has 2 aromatic carbocycles. The number of methoxy groups -OCH3 is 1. The van der Waals surface area contributed by atoms with E-state index in [2.05, 4.69) is 0 Å². The highest BCUT2D eigenvalue weighted by molar-refractivity contribution is 7.82. The van der Waals surface area contributed by atoms with Gasteiger partial charge in [0.2, 0.25) is 0 Å².